The van der Waals surface area contributed by atoms with Crippen molar-refractivity contribution in [1.29, 1.82) is 0 Å². The third-order valence-electron chi connectivity index (χ3n) is 0.669. The molecule has 0 amide bonds. The van der Waals surface area contributed by atoms with E-state index in [1.165, 1.54) is 0 Å². The van der Waals surface area contributed by atoms with Crippen LogP contribution in [0.1, 0.15) is 20.8 Å². The lowest BCUT2D eigenvalue weighted by Gasteiger charge is -2.20. The van der Waals surface area contributed by atoms with Gasteiger partial charge in [-0.3, -0.25) is 0 Å². The summed E-state index contributed by atoms with van der Waals surface area (Å²) in [4.78, 5) is 0. The molecule has 0 unspecified atom stereocenters. The quantitative estimate of drug-likeness (QED) is 0.514. The Balaban J connectivity index is 3.56. The van der Waals surface area contributed by atoms with Crippen LogP contribution in [0.15, 0.2) is 0 Å². The van der Waals surface area contributed by atoms with Gasteiger partial charge in [0.25, 0.3) is 0 Å². The molecule has 0 spiro atoms. The molecule has 0 radical (unpaired) electrons. The number of hydrogen-bond acceptors (Lipinski definition) is 1. The topological polar surface area (TPSA) is 9.23 Å². The normalized spacial score (nSPS) is 13.8. The van der Waals surface area contributed by atoms with Gasteiger partial charge in [0.05, 0.1) is 0 Å². The van der Waals surface area contributed by atoms with Crippen molar-refractivity contribution in [2.45, 2.75) is 20.8 Å². The van der Waals surface area contributed by atoms with Gasteiger partial charge < -0.3 is 4.43 Å². The SMILES string of the molecule is CC(C)(C)CO[Si](Cl)(Cl)Cl. The van der Waals surface area contributed by atoms with E-state index in [0.29, 0.717) is 6.61 Å². The Morgan fingerprint density at radius 1 is 1.20 bits per heavy atom. The van der Waals surface area contributed by atoms with Gasteiger partial charge in [-0.25, -0.2) is 0 Å². The summed E-state index contributed by atoms with van der Waals surface area (Å²) in [6.45, 7) is 6.57. The Labute approximate surface area is 76.8 Å². The summed E-state index contributed by atoms with van der Waals surface area (Å²) in [5, 5.41) is 0. The van der Waals surface area contributed by atoms with Crippen molar-refractivity contribution in [3.63, 3.8) is 0 Å². The van der Waals surface area contributed by atoms with Gasteiger partial charge >= 0.3 is 6.25 Å². The van der Waals surface area contributed by atoms with E-state index in [-0.39, 0.29) is 5.41 Å². The number of halogens is 3. The maximum atomic E-state index is 5.49. The van der Waals surface area contributed by atoms with Crippen molar-refractivity contribution in [2.75, 3.05) is 6.61 Å². The molecule has 0 N–H and O–H groups in total. The van der Waals surface area contributed by atoms with E-state index in [2.05, 4.69) is 0 Å². The zero-order chi connectivity index (χ0) is 8.41. The van der Waals surface area contributed by atoms with Gasteiger partial charge in [0.2, 0.25) is 0 Å². The highest BCUT2D eigenvalue weighted by Gasteiger charge is 2.29. The molecular formula is C5H11Cl3OSi. The summed E-state index contributed by atoms with van der Waals surface area (Å²) >= 11 is 16.5. The molecule has 0 saturated heterocycles. The Kier molecular flexibility index (Phi) is 4.01. The summed E-state index contributed by atoms with van der Waals surface area (Å²) in [6.07, 6.45) is -2.85. The maximum absolute atomic E-state index is 5.49. The van der Waals surface area contributed by atoms with Gasteiger partial charge in [0, 0.05) is 6.61 Å². The monoisotopic (exact) mass is 220 g/mol. The first-order valence-corrected chi connectivity index (χ1v) is 7.86. The Hall–Kier alpha value is 1.05. The first-order valence-electron chi connectivity index (χ1n) is 2.91. The standard InChI is InChI=1S/C5H11Cl3OSi/c1-5(2,3)4-9-10(6,7)8/h4H2,1-3H3. The molecule has 0 heterocycles. The molecule has 0 aliphatic carbocycles. The van der Waals surface area contributed by atoms with Crippen LogP contribution in [0, 0.1) is 5.41 Å². The smallest absolute Gasteiger partial charge is 0.381 e. The van der Waals surface area contributed by atoms with Crippen LogP contribution < -0.4 is 0 Å². The van der Waals surface area contributed by atoms with Crippen LogP contribution in [0.5, 0.6) is 0 Å². The molecular weight excluding hydrogens is 210 g/mol. The van der Waals surface area contributed by atoms with Crippen molar-refractivity contribution in [3.05, 3.63) is 0 Å². The van der Waals surface area contributed by atoms with E-state index in [9.17, 15) is 0 Å². The third kappa shape index (κ3) is 9.05. The van der Waals surface area contributed by atoms with Gasteiger partial charge in [-0.05, 0) is 5.41 Å². The lowest BCUT2D eigenvalue weighted by Crippen LogP contribution is -2.24. The van der Waals surface area contributed by atoms with Gasteiger partial charge in [-0.2, -0.15) is 0 Å². The highest BCUT2D eigenvalue weighted by molar-refractivity contribution is 7.62. The van der Waals surface area contributed by atoms with Crippen molar-refractivity contribution < 1.29 is 4.43 Å². The fourth-order valence-electron chi connectivity index (χ4n) is 0.298. The van der Waals surface area contributed by atoms with Crippen molar-refractivity contribution >= 4 is 39.5 Å². The molecule has 0 aliphatic heterocycles. The maximum Gasteiger partial charge on any atom is 0.493 e. The average molecular weight is 222 g/mol. The number of rotatable bonds is 2. The highest BCUT2D eigenvalue weighted by atomic mass is 35.8. The first kappa shape index (κ1) is 11.0. The minimum absolute atomic E-state index is 0.0664. The fourth-order valence-corrected chi connectivity index (χ4v) is 1.39. The largest absolute Gasteiger partial charge is 0.493 e. The molecule has 1 nitrogen and oxygen atoms in total. The van der Waals surface area contributed by atoms with Gasteiger partial charge in [0.1, 0.15) is 0 Å². The van der Waals surface area contributed by atoms with Gasteiger partial charge in [0.15, 0.2) is 0 Å². The minimum atomic E-state index is -2.85. The van der Waals surface area contributed by atoms with E-state index >= 15 is 0 Å². The van der Waals surface area contributed by atoms with Crippen LogP contribution in [0.2, 0.25) is 0 Å². The number of hydrogen-bond donors (Lipinski definition) is 0. The van der Waals surface area contributed by atoms with Crippen molar-refractivity contribution in [3.8, 4) is 0 Å². The second kappa shape index (κ2) is 3.63. The molecule has 0 fully saturated rings. The Bertz CT molecular complexity index is 90.4. The van der Waals surface area contributed by atoms with Crippen molar-refractivity contribution in [1.82, 2.24) is 0 Å². The molecule has 62 valence electrons. The molecule has 10 heavy (non-hydrogen) atoms. The molecule has 0 aromatic heterocycles. The molecule has 0 aromatic rings. The minimum Gasteiger partial charge on any atom is -0.381 e. The molecule has 0 rings (SSSR count). The van der Waals surface area contributed by atoms with Crippen LogP contribution in [-0.2, 0) is 4.43 Å². The first-order chi connectivity index (χ1) is 4.21. The molecule has 0 aromatic carbocycles. The summed E-state index contributed by atoms with van der Waals surface area (Å²) in [5.74, 6) is 0. The summed E-state index contributed by atoms with van der Waals surface area (Å²) in [7, 11) is 0. The predicted octanol–water partition coefficient (Wildman–Crippen LogP) is 3.20. The van der Waals surface area contributed by atoms with E-state index in [1.54, 1.807) is 0 Å². The zero-order valence-electron chi connectivity index (χ0n) is 6.25. The summed E-state index contributed by atoms with van der Waals surface area (Å²) < 4.78 is 5.03. The van der Waals surface area contributed by atoms with E-state index in [0.717, 1.165) is 0 Å². The zero-order valence-corrected chi connectivity index (χ0v) is 9.52. The molecule has 0 aliphatic rings. The second-order valence-electron chi connectivity index (χ2n) is 3.30. The van der Waals surface area contributed by atoms with E-state index < -0.39 is 6.25 Å². The fraction of sp³-hybridized carbons (Fsp3) is 1.00. The Morgan fingerprint density at radius 3 is 1.70 bits per heavy atom. The summed E-state index contributed by atoms with van der Waals surface area (Å²) in [5.41, 5.74) is 0.0664. The lowest BCUT2D eigenvalue weighted by atomic mass is 9.99. The summed E-state index contributed by atoms with van der Waals surface area (Å²) in [6, 6.07) is 0. The van der Waals surface area contributed by atoms with Crippen LogP contribution in [0.25, 0.3) is 0 Å². The van der Waals surface area contributed by atoms with Crippen LogP contribution in [0.3, 0.4) is 0 Å². The predicted molar refractivity (Wildman–Crippen MR) is 48.7 cm³/mol. The van der Waals surface area contributed by atoms with Gasteiger partial charge in [-0.1, -0.05) is 54.0 Å². The van der Waals surface area contributed by atoms with E-state index in [1.807, 2.05) is 20.8 Å². The highest BCUT2D eigenvalue weighted by Crippen LogP contribution is 2.24. The van der Waals surface area contributed by atoms with Crippen molar-refractivity contribution in [2.24, 2.45) is 5.41 Å². The Morgan fingerprint density at radius 2 is 1.60 bits per heavy atom. The van der Waals surface area contributed by atoms with Gasteiger partial charge in [-0.15, -0.1) is 0 Å². The molecule has 0 saturated carbocycles. The molecule has 5 heteroatoms. The van der Waals surface area contributed by atoms with E-state index in [4.69, 9.17) is 37.7 Å². The molecule has 0 atom stereocenters. The molecule has 0 bridgehead atoms. The third-order valence-corrected chi connectivity index (χ3v) is 2.12. The van der Waals surface area contributed by atoms with Crippen LogP contribution in [0.4, 0.5) is 0 Å². The lowest BCUT2D eigenvalue weighted by molar-refractivity contribution is 0.205. The average Bonchev–Trinajstić information content (AvgIpc) is 1.57. The van der Waals surface area contributed by atoms with Crippen LogP contribution >= 0.6 is 33.2 Å². The second-order valence-corrected chi connectivity index (χ2v) is 11.0. The van der Waals surface area contributed by atoms with Crippen LogP contribution in [-0.4, -0.2) is 12.9 Å².